The van der Waals surface area contributed by atoms with E-state index in [9.17, 15) is 9.59 Å². The Kier molecular flexibility index (Phi) is 8.02. The van der Waals surface area contributed by atoms with E-state index in [2.05, 4.69) is 15.7 Å². The number of ether oxygens (including phenoxy) is 1. The summed E-state index contributed by atoms with van der Waals surface area (Å²) in [6.45, 7) is 1.82. The van der Waals surface area contributed by atoms with Gasteiger partial charge in [-0.15, -0.1) is 0 Å². The zero-order valence-electron chi connectivity index (χ0n) is 16.8. The summed E-state index contributed by atoms with van der Waals surface area (Å²) < 4.78 is 6.99. The van der Waals surface area contributed by atoms with Crippen LogP contribution in [0.3, 0.4) is 0 Å². The molecule has 0 unspecified atom stereocenters. The van der Waals surface area contributed by atoms with Crippen molar-refractivity contribution < 1.29 is 14.3 Å². The van der Waals surface area contributed by atoms with Crippen molar-refractivity contribution in [3.05, 3.63) is 89.7 Å². The van der Waals surface area contributed by atoms with Crippen LogP contribution in [-0.4, -0.2) is 28.3 Å². The van der Waals surface area contributed by atoms with Crippen molar-refractivity contribution in [3.63, 3.8) is 0 Å². The molecule has 0 aliphatic heterocycles. The highest BCUT2D eigenvalue weighted by atomic mass is 16.5. The van der Waals surface area contributed by atoms with Gasteiger partial charge in [-0.1, -0.05) is 54.6 Å². The van der Waals surface area contributed by atoms with E-state index >= 15 is 0 Å². The Hall–Kier alpha value is -3.61. The molecular weight excluding hydrogens is 380 g/mol. The van der Waals surface area contributed by atoms with Crippen LogP contribution in [0.2, 0.25) is 0 Å². The number of nitrogens with zero attached hydrogens (tertiary/aromatic N) is 2. The minimum Gasteiger partial charge on any atom is -0.445 e. The molecule has 0 bridgehead atoms. The number of rotatable bonds is 10. The number of carbonyl (C=O) groups is 2. The van der Waals surface area contributed by atoms with Gasteiger partial charge in [0.1, 0.15) is 6.61 Å². The van der Waals surface area contributed by atoms with Crippen molar-refractivity contribution in [2.24, 2.45) is 0 Å². The molecule has 2 aromatic carbocycles. The predicted molar refractivity (Wildman–Crippen MR) is 113 cm³/mol. The predicted octanol–water partition coefficient (Wildman–Crippen LogP) is 3.25. The molecule has 0 aliphatic carbocycles. The van der Waals surface area contributed by atoms with Gasteiger partial charge in [-0.05, 0) is 29.2 Å². The molecular formula is C23H26N4O3. The average Bonchev–Trinajstić information content (AvgIpc) is 3.28. The number of hydrogen-bond donors (Lipinski definition) is 2. The molecule has 2 amide bonds. The molecule has 1 aromatic heterocycles. The van der Waals surface area contributed by atoms with E-state index in [4.69, 9.17) is 4.74 Å². The zero-order chi connectivity index (χ0) is 21.0. The molecule has 7 nitrogen and oxygen atoms in total. The topological polar surface area (TPSA) is 85.3 Å². The first-order chi connectivity index (χ1) is 14.7. The molecule has 0 spiro atoms. The molecule has 7 heteroatoms. The van der Waals surface area contributed by atoms with Gasteiger partial charge in [-0.3, -0.25) is 9.48 Å². The van der Waals surface area contributed by atoms with Crippen molar-refractivity contribution in [3.8, 4) is 0 Å². The standard InChI is InChI=1S/C23H26N4O3/c28-22(8-4-13-24-23(29)30-18-21-6-2-1-3-7-21)25-16-19-9-11-20(12-10-19)17-27-15-5-14-26-27/h1-3,5-7,9-12,14-15H,4,8,13,16-18H2,(H,24,29)(H,25,28). The van der Waals surface area contributed by atoms with Gasteiger partial charge in [0.05, 0.1) is 6.54 Å². The minimum atomic E-state index is -0.477. The lowest BCUT2D eigenvalue weighted by molar-refractivity contribution is -0.121. The van der Waals surface area contributed by atoms with E-state index in [-0.39, 0.29) is 12.5 Å². The van der Waals surface area contributed by atoms with Gasteiger partial charge in [0, 0.05) is 31.9 Å². The van der Waals surface area contributed by atoms with Gasteiger partial charge < -0.3 is 15.4 Å². The lowest BCUT2D eigenvalue weighted by Gasteiger charge is -2.08. The third kappa shape index (κ3) is 7.43. The van der Waals surface area contributed by atoms with Crippen molar-refractivity contribution in [1.29, 1.82) is 0 Å². The maximum Gasteiger partial charge on any atom is 0.407 e. The summed E-state index contributed by atoms with van der Waals surface area (Å²) in [5.74, 6) is -0.0462. The maximum atomic E-state index is 12.0. The monoisotopic (exact) mass is 406 g/mol. The fourth-order valence-corrected chi connectivity index (χ4v) is 2.85. The number of benzene rings is 2. The molecule has 0 aliphatic rings. The van der Waals surface area contributed by atoms with Gasteiger partial charge in [0.2, 0.25) is 5.91 Å². The summed E-state index contributed by atoms with van der Waals surface area (Å²) >= 11 is 0. The second kappa shape index (κ2) is 11.4. The molecule has 0 atom stereocenters. The second-order valence-electron chi connectivity index (χ2n) is 6.89. The Balaban J connectivity index is 1.26. The molecule has 3 aromatic rings. The molecule has 156 valence electrons. The Bertz CT molecular complexity index is 909. The Morgan fingerprint density at radius 2 is 1.67 bits per heavy atom. The van der Waals surface area contributed by atoms with E-state index in [0.29, 0.717) is 25.9 Å². The van der Waals surface area contributed by atoms with Gasteiger partial charge in [-0.2, -0.15) is 5.10 Å². The van der Waals surface area contributed by atoms with Crippen LogP contribution in [0.1, 0.15) is 29.5 Å². The summed E-state index contributed by atoms with van der Waals surface area (Å²) in [7, 11) is 0. The Morgan fingerprint density at radius 1 is 0.900 bits per heavy atom. The van der Waals surface area contributed by atoms with Gasteiger partial charge in [0.15, 0.2) is 0 Å². The number of alkyl carbamates (subject to hydrolysis) is 1. The van der Waals surface area contributed by atoms with Crippen LogP contribution < -0.4 is 10.6 Å². The number of carbonyl (C=O) groups excluding carboxylic acids is 2. The molecule has 0 fully saturated rings. The summed E-state index contributed by atoms with van der Waals surface area (Å²) in [5.41, 5.74) is 3.12. The first-order valence-electron chi connectivity index (χ1n) is 9.95. The van der Waals surface area contributed by atoms with Crippen LogP contribution in [0.25, 0.3) is 0 Å². The fourth-order valence-electron chi connectivity index (χ4n) is 2.85. The third-order valence-electron chi connectivity index (χ3n) is 4.48. The number of hydrogen-bond acceptors (Lipinski definition) is 4. The minimum absolute atomic E-state index is 0.0462. The summed E-state index contributed by atoms with van der Waals surface area (Å²) in [6.07, 6.45) is 4.10. The van der Waals surface area contributed by atoms with Gasteiger partial charge >= 0.3 is 6.09 Å². The second-order valence-corrected chi connectivity index (χ2v) is 6.89. The molecule has 0 radical (unpaired) electrons. The molecule has 0 saturated carbocycles. The highest BCUT2D eigenvalue weighted by Gasteiger charge is 2.05. The third-order valence-corrected chi connectivity index (χ3v) is 4.48. The fraction of sp³-hybridized carbons (Fsp3) is 0.261. The summed E-state index contributed by atoms with van der Waals surface area (Å²) in [5, 5.41) is 9.75. The highest BCUT2D eigenvalue weighted by molar-refractivity contribution is 5.76. The number of nitrogens with one attached hydrogen (secondary N) is 2. The van der Waals surface area contributed by atoms with E-state index in [1.807, 2.05) is 71.5 Å². The first-order valence-corrected chi connectivity index (χ1v) is 9.95. The van der Waals surface area contributed by atoms with Crippen molar-refractivity contribution in [2.45, 2.75) is 32.5 Å². The number of amides is 2. The van der Waals surface area contributed by atoms with E-state index < -0.39 is 6.09 Å². The van der Waals surface area contributed by atoms with Crippen LogP contribution in [0, 0.1) is 0 Å². The lowest BCUT2D eigenvalue weighted by Crippen LogP contribution is -2.27. The lowest BCUT2D eigenvalue weighted by atomic mass is 10.1. The molecule has 1 heterocycles. The van der Waals surface area contributed by atoms with E-state index in [0.717, 1.165) is 23.2 Å². The summed E-state index contributed by atoms with van der Waals surface area (Å²) in [6, 6.07) is 19.5. The molecule has 30 heavy (non-hydrogen) atoms. The molecule has 3 rings (SSSR count). The summed E-state index contributed by atoms with van der Waals surface area (Å²) in [4.78, 5) is 23.6. The van der Waals surface area contributed by atoms with Gasteiger partial charge in [-0.25, -0.2) is 4.79 Å². The van der Waals surface area contributed by atoms with E-state index in [1.165, 1.54) is 0 Å². The smallest absolute Gasteiger partial charge is 0.407 e. The van der Waals surface area contributed by atoms with Crippen LogP contribution in [0.4, 0.5) is 4.79 Å². The Labute approximate surface area is 176 Å². The van der Waals surface area contributed by atoms with Crippen LogP contribution in [0.15, 0.2) is 73.1 Å². The number of aromatic nitrogens is 2. The van der Waals surface area contributed by atoms with Crippen molar-refractivity contribution >= 4 is 12.0 Å². The van der Waals surface area contributed by atoms with Crippen LogP contribution in [-0.2, 0) is 29.2 Å². The first kappa shape index (κ1) is 21.1. The van der Waals surface area contributed by atoms with Crippen molar-refractivity contribution in [1.82, 2.24) is 20.4 Å². The largest absolute Gasteiger partial charge is 0.445 e. The zero-order valence-corrected chi connectivity index (χ0v) is 16.8. The highest BCUT2D eigenvalue weighted by Crippen LogP contribution is 2.06. The van der Waals surface area contributed by atoms with E-state index in [1.54, 1.807) is 6.20 Å². The quantitative estimate of drug-likeness (QED) is 0.506. The SMILES string of the molecule is O=C(CCCNC(=O)OCc1ccccc1)NCc1ccc(Cn2cccn2)cc1. The average molecular weight is 406 g/mol. The van der Waals surface area contributed by atoms with Crippen LogP contribution >= 0.6 is 0 Å². The Morgan fingerprint density at radius 3 is 2.40 bits per heavy atom. The molecule has 2 N–H and O–H groups in total. The maximum absolute atomic E-state index is 12.0. The van der Waals surface area contributed by atoms with Crippen LogP contribution in [0.5, 0.6) is 0 Å². The molecule has 0 saturated heterocycles. The van der Waals surface area contributed by atoms with Crippen molar-refractivity contribution in [2.75, 3.05) is 6.54 Å². The normalized spacial score (nSPS) is 10.4. The van der Waals surface area contributed by atoms with Gasteiger partial charge in [0.25, 0.3) is 0 Å².